The molecule has 7 heteroatoms. The van der Waals surface area contributed by atoms with E-state index in [1.165, 1.54) is 4.90 Å². The number of quaternary nitrogens is 1. The molecule has 2 rings (SSSR count). The maximum Gasteiger partial charge on any atom is 0.169 e. The van der Waals surface area contributed by atoms with Crippen LogP contribution in [0.5, 0.6) is 0 Å². The Morgan fingerprint density at radius 2 is 2.00 bits per heavy atom. The highest BCUT2D eigenvalue weighted by Crippen LogP contribution is 2.09. The lowest BCUT2D eigenvalue weighted by atomic mass is 10.2. The molecule has 0 aliphatic carbocycles. The number of hydrogen-bond donors (Lipinski definition) is 2. The Morgan fingerprint density at radius 3 is 2.47 bits per heavy atom. The number of hydrogen-bond acceptors (Lipinski definition) is 3. The van der Waals surface area contributed by atoms with Crippen LogP contribution in [0.4, 0.5) is 0 Å². The minimum absolute atomic E-state index is 0.304. The third kappa shape index (κ3) is 4.03. The summed E-state index contributed by atoms with van der Waals surface area (Å²) in [6, 6.07) is 0.664. The first kappa shape index (κ1) is 15.0. The number of sulfone groups is 1. The third-order valence-electron chi connectivity index (χ3n) is 3.91. The Balaban J connectivity index is 1.81. The van der Waals surface area contributed by atoms with Crippen LogP contribution in [0.15, 0.2) is 0 Å². The predicted octanol–water partition coefficient (Wildman–Crippen LogP) is -1.34. The predicted molar refractivity (Wildman–Crippen MR) is 80.2 cm³/mol. The smallest absolute Gasteiger partial charge is 0.169 e. The molecule has 0 spiro atoms. The largest absolute Gasteiger partial charge is 0.360 e. The molecular weight excluding hydrogens is 282 g/mol. The molecule has 5 nitrogen and oxygen atoms in total. The van der Waals surface area contributed by atoms with Gasteiger partial charge in [0, 0.05) is 12.5 Å². The van der Waals surface area contributed by atoms with Crippen LogP contribution in [0.3, 0.4) is 0 Å². The second kappa shape index (κ2) is 5.93. The summed E-state index contributed by atoms with van der Waals surface area (Å²) in [6.45, 7) is 7.98. The topological polar surface area (TPSA) is 53.9 Å². The average Bonchev–Trinajstić information content (AvgIpc) is 2.69. The van der Waals surface area contributed by atoms with Crippen molar-refractivity contribution in [2.45, 2.75) is 32.4 Å². The minimum atomic E-state index is -2.76. The van der Waals surface area contributed by atoms with Crippen LogP contribution >= 0.6 is 12.2 Å². The monoisotopic (exact) mass is 306 g/mol. The van der Waals surface area contributed by atoms with E-state index >= 15 is 0 Å². The van der Waals surface area contributed by atoms with E-state index < -0.39 is 9.84 Å². The summed E-state index contributed by atoms with van der Waals surface area (Å²) in [5, 5.41) is 4.09. The molecule has 0 aromatic carbocycles. The van der Waals surface area contributed by atoms with Crippen molar-refractivity contribution in [3.63, 3.8) is 0 Å². The number of thiocarbonyl (C=S) groups is 1. The Morgan fingerprint density at radius 1 is 1.37 bits per heavy atom. The van der Waals surface area contributed by atoms with E-state index in [1.54, 1.807) is 0 Å². The zero-order valence-corrected chi connectivity index (χ0v) is 13.3. The summed E-state index contributed by atoms with van der Waals surface area (Å²) in [5.41, 5.74) is 0. The van der Waals surface area contributed by atoms with Crippen molar-refractivity contribution in [3.8, 4) is 0 Å². The van der Waals surface area contributed by atoms with E-state index in [2.05, 4.69) is 24.1 Å². The second-order valence-corrected chi connectivity index (χ2v) is 8.46. The lowest BCUT2D eigenvalue weighted by Crippen LogP contribution is -3.18. The van der Waals surface area contributed by atoms with Crippen LogP contribution in [-0.2, 0) is 9.84 Å². The van der Waals surface area contributed by atoms with Crippen molar-refractivity contribution in [3.05, 3.63) is 0 Å². The maximum atomic E-state index is 11.5. The van der Waals surface area contributed by atoms with Gasteiger partial charge in [0.1, 0.15) is 11.8 Å². The minimum Gasteiger partial charge on any atom is -0.360 e. The second-order valence-electron chi connectivity index (χ2n) is 5.85. The van der Waals surface area contributed by atoms with E-state index in [4.69, 9.17) is 12.2 Å². The van der Waals surface area contributed by atoms with Crippen molar-refractivity contribution >= 4 is 27.2 Å². The van der Waals surface area contributed by atoms with Crippen LogP contribution in [0.2, 0.25) is 0 Å². The molecule has 2 saturated heterocycles. The molecule has 110 valence electrons. The SMILES string of the molecule is CC(C)NC(=S)N1CC[NH+]([C@H]2CCS(=O)(=O)C2)CC1. The van der Waals surface area contributed by atoms with Gasteiger partial charge in [-0.05, 0) is 26.1 Å². The van der Waals surface area contributed by atoms with Gasteiger partial charge in [0.2, 0.25) is 0 Å². The first-order valence-corrected chi connectivity index (χ1v) is 9.21. The van der Waals surface area contributed by atoms with Crippen LogP contribution in [-0.4, -0.2) is 68.2 Å². The molecule has 0 unspecified atom stereocenters. The highest BCUT2D eigenvalue weighted by molar-refractivity contribution is 7.91. The first-order valence-electron chi connectivity index (χ1n) is 6.98. The summed E-state index contributed by atoms with van der Waals surface area (Å²) in [4.78, 5) is 3.63. The Kier molecular flexibility index (Phi) is 4.68. The molecule has 0 aromatic rings. The van der Waals surface area contributed by atoms with Gasteiger partial charge >= 0.3 is 0 Å². The quantitative estimate of drug-likeness (QED) is 0.618. The normalized spacial score (nSPS) is 27.7. The summed E-state index contributed by atoms with van der Waals surface area (Å²) < 4.78 is 23.0. The molecule has 2 aliphatic heterocycles. The van der Waals surface area contributed by atoms with Gasteiger partial charge < -0.3 is 15.1 Å². The standard InChI is InChI=1S/C12H23N3O2S2/c1-10(2)13-12(18)15-6-4-14(5-7-15)11-3-8-19(16,17)9-11/h10-11H,3-9H2,1-2H3,(H,13,18)/p+1/t11-/m0/s1. The molecule has 0 amide bonds. The molecule has 2 N–H and O–H groups in total. The van der Waals surface area contributed by atoms with Gasteiger partial charge in [-0.2, -0.15) is 0 Å². The van der Waals surface area contributed by atoms with E-state index in [9.17, 15) is 8.42 Å². The van der Waals surface area contributed by atoms with Gasteiger partial charge in [-0.3, -0.25) is 0 Å². The Labute approximate surface area is 121 Å². The lowest BCUT2D eigenvalue weighted by Gasteiger charge is -2.36. The van der Waals surface area contributed by atoms with Gasteiger partial charge in [0.15, 0.2) is 14.9 Å². The molecule has 0 aromatic heterocycles. The fourth-order valence-electron chi connectivity index (χ4n) is 2.86. The van der Waals surface area contributed by atoms with Gasteiger partial charge in [-0.1, -0.05) is 0 Å². The summed E-state index contributed by atoms with van der Waals surface area (Å²) >= 11 is 5.37. The molecule has 0 radical (unpaired) electrons. The molecule has 2 aliphatic rings. The summed E-state index contributed by atoms with van der Waals surface area (Å²) in [5.74, 6) is 0.745. The number of nitrogens with one attached hydrogen (secondary N) is 2. The van der Waals surface area contributed by atoms with Crippen molar-refractivity contribution in [1.82, 2.24) is 10.2 Å². The zero-order chi connectivity index (χ0) is 14.0. The van der Waals surface area contributed by atoms with E-state index in [1.807, 2.05) is 0 Å². The maximum absolute atomic E-state index is 11.5. The van der Waals surface area contributed by atoms with Crippen LogP contribution in [0, 0.1) is 0 Å². The third-order valence-corrected chi connectivity index (χ3v) is 6.06. The molecule has 2 heterocycles. The average molecular weight is 306 g/mol. The van der Waals surface area contributed by atoms with Gasteiger partial charge in [0.25, 0.3) is 0 Å². The molecule has 0 bridgehead atoms. The highest BCUT2D eigenvalue weighted by atomic mass is 32.2. The van der Waals surface area contributed by atoms with Gasteiger partial charge in [-0.15, -0.1) is 0 Å². The summed E-state index contributed by atoms with van der Waals surface area (Å²) in [6.07, 6.45) is 0.826. The van der Waals surface area contributed by atoms with Crippen molar-refractivity contribution in [1.29, 1.82) is 0 Å². The zero-order valence-electron chi connectivity index (χ0n) is 11.7. The van der Waals surface area contributed by atoms with Crippen LogP contribution in [0.1, 0.15) is 20.3 Å². The van der Waals surface area contributed by atoms with Crippen molar-refractivity contribution in [2.24, 2.45) is 0 Å². The van der Waals surface area contributed by atoms with E-state index in [0.717, 1.165) is 37.7 Å². The van der Waals surface area contributed by atoms with Crippen molar-refractivity contribution < 1.29 is 13.3 Å². The van der Waals surface area contributed by atoms with Crippen LogP contribution in [0.25, 0.3) is 0 Å². The molecule has 19 heavy (non-hydrogen) atoms. The van der Waals surface area contributed by atoms with Gasteiger partial charge in [0.05, 0.1) is 31.9 Å². The van der Waals surface area contributed by atoms with E-state index in [-0.39, 0.29) is 0 Å². The summed E-state index contributed by atoms with van der Waals surface area (Å²) in [7, 11) is -2.76. The number of piperazine rings is 1. The lowest BCUT2D eigenvalue weighted by molar-refractivity contribution is -0.925. The van der Waals surface area contributed by atoms with Crippen molar-refractivity contribution in [2.75, 3.05) is 37.7 Å². The molecule has 0 saturated carbocycles. The number of rotatable bonds is 2. The van der Waals surface area contributed by atoms with Gasteiger partial charge in [-0.25, -0.2) is 8.42 Å². The highest BCUT2D eigenvalue weighted by Gasteiger charge is 2.37. The first-order chi connectivity index (χ1) is 8.87. The molecule has 1 atom stereocenters. The fourth-order valence-corrected chi connectivity index (χ4v) is 5.10. The molecule has 2 fully saturated rings. The van der Waals surface area contributed by atoms with Crippen LogP contribution < -0.4 is 10.2 Å². The fraction of sp³-hybridized carbons (Fsp3) is 0.917. The Hall–Kier alpha value is -0.400. The number of nitrogens with zero attached hydrogens (tertiary/aromatic N) is 1. The molecular formula is C12H24N3O2S2+. The Bertz CT molecular complexity index is 428. The van der Waals surface area contributed by atoms with E-state index in [0.29, 0.717) is 23.6 Å².